The van der Waals surface area contributed by atoms with Crippen molar-refractivity contribution in [2.45, 2.75) is 12.0 Å². The normalized spacial score (nSPS) is 14.1. The number of hydrogen-bond donors (Lipinski definition) is 2. The number of nitrogens with one attached hydrogen (secondary N) is 1. The zero-order chi connectivity index (χ0) is 13.7. The van der Waals surface area contributed by atoms with Crippen molar-refractivity contribution in [3.05, 3.63) is 71.5 Å². The van der Waals surface area contributed by atoms with E-state index in [1.165, 1.54) is 12.1 Å². The van der Waals surface area contributed by atoms with Crippen LogP contribution in [0.3, 0.4) is 0 Å². The molecule has 100 valence electrons. The van der Waals surface area contributed by atoms with E-state index in [-0.39, 0.29) is 11.7 Å². The lowest BCUT2D eigenvalue weighted by molar-refractivity contribution is 0.156. The first-order chi connectivity index (χ1) is 9.22. The van der Waals surface area contributed by atoms with Gasteiger partial charge in [-0.15, -0.1) is 0 Å². The highest BCUT2D eigenvalue weighted by Crippen LogP contribution is 2.28. The lowest BCUT2D eigenvalue weighted by Gasteiger charge is -2.24. The van der Waals surface area contributed by atoms with Crippen LogP contribution in [0.2, 0.25) is 0 Å². The van der Waals surface area contributed by atoms with Gasteiger partial charge in [-0.05, 0) is 30.3 Å². The van der Waals surface area contributed by atoms with Crippen LogP contribution in [-0.2, 0) is 0 Å². The van der Waals surface area contributed by atoms with Gasteiger partial charge in [-0.3, -0.25) is 0 Å². The van der Waals surface area contributed by atoms with Crippen molar-refractivity contribution < 1.29 is 9.50 Å². The van der Waals surface area contributed by atoms with Crippen LogP contribution in [0.15, 0.2) is 54.6 Å². The third-order valence-corrected chi connectivity index (χ3v) is 3.16. The number of benzene rings is 2. The number of aliphatic hydroxyl groups is 1. The molecule has 0 heterocycles. The number of halogens is 1. The summed E-state index contributed by atoms with van der Waals surface area (Å²) < 4.78 is 13.4. The molecule has 3 heteroatoms. The van der Waals surface area contributed by atoms with Gasteiger partial charge in [0.1, 0.15) is 5.82 Å². The lowest BCUT2D eigenvalue weighted by atomic mass is 9.86. The monoisotopic (exact) mass is 259 g/mol. The predicted octanol–water partition coefficient (Wildman–Crippen LogP) is 2.54. The molecule has 2 aromatic rings. The van der Waals surface area contributed by atoms with E-state index in [4.69, 9.17) is 0 Å². The highest BCUT2D eigenvalue weighted by molar-refractivity contribution is 5.34. The highest BCUT2D eigenvalue weighted by atomic mass is 19.1. The van der Waals surface area contributed by atoms with E-state index >= 15 is 0 Å². The van der Waals surface area contributed by atoms with Gasteiger partial charge in [0.25, 0.3) is 0 Å². The fraction of sp³-hybridized carbons (Fsp3) is 0.250. The molecule has 0 saturated heterocycles. The first-order valence-electron chi connectivity index (χ1n) is 6.35. The van der Waals surface area contributed by atoms with Crippen LogP contribution in [0, 0.1) is 5.82 Å². The van der Waals surface area contributed by atoms with Gasteiger partial charge in [-0.2, -0.15) is 0 Å². The smallest absolute Gasteiger partial charge is 0.123 e. The van der Waals surface area contributed by atoms with Gasteiger partial charge in [-0.25, -0.2) is 4.39 Å². The summed E-state index contributed by atoms with van der Waals surface area (Å²) in [4.78, 5) is 0. The third-order valence-electron chi connectivity index (χ3n) is 3.16. The molecule has 0 aliphatic heterocycles. The topological polar surface area (TPSA) is 32.3 Å². The summed E-state index contributed by atoms with van der Waals surface area (Å²) in [6.45, 7) is 0.454. The Kier molecular flexibility index (Phi) is 4.66. The Morgan fingerprint density at radius 1 is 1.05 bits per heavy atom. The average Bonchev–Trinajstić information content (AvgIpc) is 2.40. The second-order valence-corrected chi connectivity index (χ2v) is 4.57. The van der Waals surface area contributed by atoms with E-state index in [9.17, 15) is 9.50 Å². The Balaban J connectivity index is 2.40. The van der Waals surface area contributed by atoms with Crippen LogP contribution in [-0.4, -0.2) is 24.8 Å². The van der Waals surface area contributed by atoms with Gasteiger partial charge in [0.15, 0.2) is 0 Å². The molecule has 0 spiro atoms. The summed E-state index contributed by atoms with van der Waals surface area (Å²) >= 11 is 0. The summed E-state index contributed by atoms with van der Waals surface area (Å²) in [7, 11) is 1.79. The molecule has 19 heavy (non-hydrogen) atoms. The van der Waals surface area contributed by atoms with E-state index in [0.29, 0.717) is 6.54 Å². The van der Waals surface area contributed by atoms with Crippen LogP contribution >= 0.6 is 0 Å². The summed E-state index contributed by atoms with van der Waals surface area (Å²) in [5.41, 5.74) is 1.77. The minimum Gasteiger partial charge on any atom is -0.391 e. The molecule has 2 atom stereocenters. The summed E-state index contributed by atoms with van der Waals surface area (Å²) in [6, 6.07) is 16.1. The minimum atomic E-state index is -0.603. The minimum absolute atomic E-state index is 0.232. The van der Waals surface area contributed by atoms with Gasteiger partial charge in [-0.1, -0.05) is 42.5 Å². The van der Waals surface area contributed by atoms with E-state index in [0.717, 1.165) is 11.1 Å². The summed E-state index contributed by atoms with van der Waals surface area (Å²) in [6.07, 6.45) is -0.603. The van der Waals surface area contributed by atoms with Gasteiger partial charge in [0.05, 0.1) is 6.10 Å². The molecule has 0 saturated carbocycles. The lowest BCUT2D eigenvalue weighted by Crippen LogP contribution is -2.30. The van der Waals surface area contributed by atoms with Crippen molar-refractivity contribution in [3.63, 3.8) is 0 Å². The fourth-order valence-corrected chi connectivity index (χ4v) is 2.32. The first kappa shape index (κ1) is 13.7. The quantitative estimate of drug-likeness (QED) is 0.865. The molecule has 0 aromatic heterocycles. The molecular weight excluding hydrogens is 241 g/mol. The molecular formula is C16H18FNO. The molecule has 2 N–H and O–H groups in total. The number of rotatable bonds is 5. The number of hydrogen-bond acceptors (Lipinski definition) is 2. The Labute approximate surface area is 112 Å². The van der Waals surface area contributed by atoms with Gasteiger partial charge < -0.3 is 10.4 Å². The Morgan fingerprint density at radius 2 is 1.74 bits per heavy atom. The Bertz CT molecular complexity index is 515. The Morgan fingerprint density at radius 3 is 2.37 bits per heavy atom. The first-order valence-corrected chi connectivity index (χ1v) is 6.35. The molecule has 0 aliphatic carbocycles. The second-order valence-electron chi connectivity index (χ2n) is 4.57. The Hall–Kier alpha value is -1.71. The maximum atomic E-state index is 13.4. The molecule has 0 fully saturated rings. The molecule has 0 aliphatic rings. The van der Waals surface area contributed by atoms with Gasteiger partial charge in [0.2, 0.25) is 0 Å². The van der Waals surface area contributed by atoms with Crippen molar-refractivity contribution in [1.82, 2.24) is 5.32 Å². The van der Waals surface area contributed by atoms with Crippen LogP contribution in [0.1, 0.15) is 17.0 Å². The highest BCUT2D eigenvalue weighted by Gasteiger charge is 2.22. The van der Waals surface area contributed by atoms with E-state index in [1.54, 1.807) is 13.1 Å². The largest absolute Gasteiger partial charge is 0.391 e. The molecule has 0 bridgehead atoms. The molecule has 2 nitrogen and oxygen atoms in total. The molecule has 0 radical (unpaired) electrons. The van der Waals surface area contributed by atoms with Crippen molar-refractivity contribution >= 4 is 0 Å². The van der Waals surface area contributed by atoms with Crippen LogP contribution < -0.4 is 5.32 Å². The van der Waals surface area contributed by atoms with Crippen LogP contribution in [0.4, 0.5) is 4.39 Å². The fourth-order valence-electron chi connectivity index (χ4n) is 2.32. The van der Waals surface area contributed by atoms with Crippen molar-refractivity contribution in [2.24, 2.45) is 0 Å². The zero-order valence-electron chi connectivity index (χ0n) is 10.9. The van der Waals surface area contributed by atoms with Crippen molar-refractivity contribution in [2.75, 3.05) is 13.6 Å². The molecule has 2 unspecified atom stereocenters. The standard InChI is InChI=1S/C16H18FNO/c1-18-11-15(19)16(12-6-3-2-4-7-12)13-8-5-9-14(17)10-13/h2-10,15-16,18-19H,11H2,1H3. The van der Waals surface area contributed by atoms with Gasteiger partial charge in [0, 0.05) is 12.5 Å². The second kappa shape index (κ2) is 6.45. The van der Waals surface area contributed by atoms with E-state index in [1.807, 2.05) is 36.4 Å². The van der Waals surface area contributed by atoms with Crippen molar-refractivity contribution in [3.8, 4) is 0 Å². The number of aliphatic hydroxyl groups excluding tert-OH is 1. The summed E-state index contributed by atoms with van der Waals surface area (Å²) in [5, 5.41) is 13.3. The molecule has 2 rings (SSSR count). The maximum absolute atomic E-state index is 13.4. The van der Waals surface area contributed by atoms with Crippen LogP contribution in [0.5, 0.6) is 0 Å². The molecule has 2 aromatic carbocycles. The SMILES string of the molecule is CNCC(O)C(c1ccccc1)c1cccc(F)c1. The maximum Gasteiger partial charge on any atom is 0.123 e. The van der Waals surface area contributed by atoms with Crippen molar-refractivity contribution in [1.29, 1.82) is 0 Å². The van der Waals surface area contributed by atoms with Gasteiger partial charge >= 0.3 is 0 Å². The average molecular weight is 259 g/mol. The number of likely N-dealkylation sites (N-methyl/N-ethyl adjacent to an activating group) is 1. The zero-order valence-corrected chi connectivity index (χ0v) is 10.9. The summed E-state index contributed by atoms with van der Waals surface area (Å²) in [5.74, 6) is -0.514. The third kappa shape index (κ3) is 3.40. The molecule has 0 amide bonds. The van der Waals surface area contributed by atoms with Crippen LogP contribution in [0.25, 0.3) is 0 Å². The van der Waals surface area contributed by atoms with E-state index < -0.39 is 6.10 Å². The van der Waals surface area contributed by atoms with E-state index in [2.05, 4.69) is 5.32 Å². The predicted molar refractivity (Wildman–Crippen MR) is 74.6 cm³/mol.